The van der Waals surface area contributed by atoms with Gasteiger partial charge in [-0.15, -0.1) is 0 Å². The third-order valence-corrected chi connectivity index (χ3v) is 2.89. The lowest BCUT2D eigenvalue weighted by Crippen LogP contribution is -2.33. The highest BCUT2D eigenvalue weighted by Crippen LogP contribution is 2.10. The van der Waals surface area contributed by atoms with E-state index in [0.29, 0.717) is 24.6 Å². The highest BCUT2D eigenvalue weighted by molar-refractivity contribution is 5.75. The number of rotatable bonds is 6. The first kappa shape index (κ1) is 14.8. The number of nitrogens with two attached hydrogens (primary N) is 1. The minimum atomic E-state index is -0.312. The second-order valence-corrected chi connectivity index (χ2v) is 4.59. The summed E-state index contributed by atoms with van der Waals surface area (Å²) < 4.78 is 19.6. The summed E-state index contributed by atoms with van der Waals surface area (Å²) in [5, 5.41) is 3.95. The Balaban J connectivity index is 1.74. The molecule has 0 saturated heterocycles. The van der Waals surface area contributed by atoms with Gasteiger partial charge in [-0.2, -0.15) is 5.10 Å². The summed E-state index contributed by atoms with van der Waals surface area (Å²) in [6, 6.07) is 5.74. The fourth-order valence-corrected chi connectivity index (χ4v) is 1.68. The molecule has 112 valence electrons. The molecule has 0 aliphatic carbocycles. The number of ether oxygens (including phenoxy) is 1. The molecule has 6 nitrogen and oxygen atoms in total. The molecule has 2 rings (SSSR count). The molecule has 0 fully saturated rings. The number of benzene rings is 1. The molecule has 0 atom stereocenters. The number of halogens is 1. The van der Waals surface area contributed by atoms with Crippen LogP contribution in [-0.2, 0) is 11.3 Å². The van der Waals surface area contributed by atoms with Gasteiger partial charge in [-0.05, 0) is 24.3 Å². The number of nitrogens with zero attached hydrogens (tertiary/aromatic N) is 3. The van der Waals surface area contributed by atoms with Crippen molar-refractivity contribution in [1.29, 1.82) is 0 Å². The number of carbonyl (C=O) groups is 1. The molecule has 2 N–H and O–H groups in total. The average Bonchev–Trinajstić information content (AvgIpc) is 2.86. The maximum Gasteiger partial charge on any atom is 0.244 e. The van der Waals surface area contributed by atoms with E-state index in [-0.39, 0.29) is 18.3 Å². The second kappa shape index (κ2) is 6.74. The van der Waals surface area contributed by atoms with Crippen molar-refractivity contribution in [2.45, 2.75) is 6.54 Å². The molecule has 0 saturated carbocycles. The minimum absolute atomic E-state index is 0.0965. The van der Waals surface area contributed by atoms with Gasteiger partial charge in [0.1, 0.15) is 24.7 Å². The van der Waals surface area contributed by atoms with E-state index in [1.54, 1.807) is 30.3 Å². The van der Waals surface area contributed by atoms with Crippen LogP contribution in [0.4, 0.5) is 10.1 Å². The third-order valence-electron chi connectivity index (χ3n) is 2.89. The standard InChI is InChI=1S/C14H17FN4O2/c1-18(14(20)10-19-9-12(16)8-17-19)6-7-21-13-4-2-11(15)3-5-13/h2-5,8-9H,6-7,10,16H2,1H3. The highest BCUT2D eigenvalue weighted by atomic mass is 19.1. The summed E-state index contributed by atoms with van der Waals surface area (Å²) in [7, 11) is 1.68. The van der Waals surface area contributed by atoms with Crippen LogP contribution in [0.3, 0.4) is 0 Å². The molecule has 0 bridgehead atoms. The zero-order chi connectivity index (χ0) is 15.2. The van der Waals surface area contributed by atoms with Crippen molar-refractivity contribution in [2.24, 2.45) is 0 Å². The monoisotopic (exact) mass is 292 g/mol. The van der Waals surface area contributed by atoms with Crippen molar-refractivity contribution in [1.82, 2.24) is 14.7 Å². The normalized spacial score (nSPS) is 10.4. The Morgan fingerprint density at radius 3 is 2.76 bits per heavy atom. The molecule has 1 heterocycles. The van der Waals surface area contributed by atoms with E-state index in [4.69, 9.17) is 10.5 Å². The first-order valence-electron chi connectivity index (χ1n) is 6.45. The Morgan fingerprint density at radius 1 is 1.43 bits per heavy atom. The molecular weight excluding hydrogens is 275 g/mol. The van der Waals surface area contributed by atoms with Crippen molar-refractivity contribution >= 4 is 11.6 Å². The van der Waals surface area contributed by atoms with E-state index in [2.05, 4.69) is 5.10 Å². The predicted molar refractivity (Wildman–Crippen MR) is 76.2 cm³/mol. The zero-order valence-corrected chi connectivity index (χ0v) is 11.7. The summed E-state index contributed by atoms with van der Waals surface area (Å²) >= 11 is 0. The van der Waals surface area contributed by atoms with E-state index in [0.717, 1.165) is 0 Å². The number of hydrogen-bond donors (Lipinski definition) is 1. The summed E-state index contributed by atoms with van der Waals surface area (Å²) in [6.07, 6.45) is 3.09. The lowest BCUT2D eigenvalue weighted by atomic mass is 10.3. The molecule has 0 spiro atoms. The van der Waals surface area contributed by atoms with Gasteiger partial charge in [0.2, 0.25) is 5.91 Å². The Labute approximate surface area is 121 Å². The molecule has 0 aliphatic heterocycles. The minimum Gasteiger partial charge on any atom is -0.492 e. The van der Waals surface area contributed by atoms with E-state index in [1.807, 2.05) is 0 Å². The van der Waals surface area contributed by atoms with Crippen LogP contribution in [-0.4, -0.2) is 40.8 Å². The zero-order valence-electron chi connectivity index (χ0n) is 11.7. The fourth-order valence-electron chi connectivity index (χ4n) is 1.68. The highest BCUT2D eigenvalue weighted by Gasteiger charge is 2.10. The van der Waals surface area contributed by atoms with Gasteiger partial charge in [-0.3, -0.25) is 9.48 Å². The van der Waals surface area contributed by atoms with Crippen LogP contribution in [0.1, 0.15) is 0 Å². The molecular formula is C14H17FN4O2. The number of nitrogen functional groups attached to an aromatic ring is 1. The van der Waals surface area contributed by atoms with Gasteiger partial charge in [-0.1, -0.05) is 0 Å². The van der Waals surface area contributed by atoms with Crippen LogP contribution in [0.5, 0.6) is 5.75 Å². The molecule has 7 heteroatoms. The number of amides is 1. The summed E-state index contributed by atoms with van der Waals surface area (Å²) in [6.45, 7) is 0.881. The van der Waals surface area contributed by atoms with Crippen LogP contribution in [0.2, 0.25) is 0 Å². The van der Waals surface area contributed by atoms with Gasteiger partial charge in [0, 0.05) is 13.2 Å². The molecule has 0 unspecified atom stereocenters. The molecule has 0 radical (unpaired) electrons. The Kier molecular flexibility index (Phi) is 4.76. The summed E-state index contributed by atoms with van der Waals surface area (Å²) in [5.41, 5.74) is 6.05. The molecule has 0 aliphatic rings. The third kappa shape index (κ3) is 4.48. The van der Waals surface area contributed by atoms with Gasteiger partial charge in [0.15, 0.2) is 0 Å². The van der Waals surface area contributed by atoms with Gasteiger partial charge in [0.25, 0.3) is 0 Å². The first-order chi connectivity index (χ1) is 10.0. The molecule has 1 aromatic carbocycles. The largest absolute Gasteiger partial charge is 0.492 e. The van der Waals surface area contributed by atoms with E-state index in [1.165, 1.54) is 23.0 Å². The van der Waals surface area contributed by atoms with Crippen LogP contribution >= 0.6 is 0 Å². The van der Waals surface area contributed by atoms with Crippen molar-refractivity contribution in [2.75, 3.05) is 25.9 Å². The van der Waals surface area contributed by atoms with E-state index >= 15 is 0 Å². The van der Waals surface area contributed by atoms with Gasteiger partial charge in [0.05, 0.1) is 18.4 Å². The number of likely N-dealkylation sites (N-methyl/N-ethyl adjacent to an activating group) is 1. The van der Waals surface area contributed by atoms with Crippen molar-refractivity contribution in [3.05, 3.63) is 42.5 Å². The van der Waals surface area contributed by atoms with Crippen LogP contribution in [0.25, 0.3) is 0 Å². The van der Waals surface area contributed by atoms with E-state index < -0.39 is 0 Å². The van der Waals surface area contributed by atoms with Crippen LogP contribution < -0.4 is 10.5 Å². The SMILES string of the molecule is CN(CCOc1ccc(F)cc1)C(=O)Cn1cc(N)cn1. The molecule has 21 heavy (non-hydrogen) atoms. The maximum absolute atomic E-state index is 12.7. The Morgan fingerprint density at radius 2 is 2.14 bits per heavy atom. The molecule has 2 aromatic rings. The lowest BCUT2D eigenvalue weighted by molar-refractivity contribution is -0.131. The quantitative estimate of drug-likeness (QED) is 0.866. The number of hydrogen-bond acceptors (Lipinski definition) is 4. The number of carbonyl (C=O) groups excluding carboxylic acids is 1. The fraction of sp³-hybridized carbons (Fsp3) is 0.286. The van der Waals surface area contributed by atoms with Crippen LogP contribution in [0.15, 0.2) is 36.7 Å². The lowest BCUT2D eigenvalue weighted by Gasteiger charge is -2.17. The van der Waals surface area contributed by atoms with Crippen molar-refractivity contribution in [3.8, 4) is 5.75 Å². The van der Waals surface area contributed by atoms with Gasteiger partial charge in [-0.25, -0.2) is 4.39 Å². The van der Waals surface area contributed by atoms with Crippen LogP contribution in [0, 0.1) is 5.82 Å². The number of anilines is 1. The summed E-state index contributed by atoms with van der Waals surface area (Å²) in [5.74, 6) is 0.158. The van der Waals surface area contributed by atoms with Crippen molar-refractivity contribution in [3.63, 3.8) is 0 Å². The maximum atomic E-state index is 12.7. The summed E-state index contributed by atoms with van der Waals surface area (Å²) in [4.78, 5) is 13.5. The van der Waals surface area contributed by atoms with Gasteiger partial charge < -0.3 is 15.4 Å². The smallest absolute Gasteiger partial charge is 0.244 e. The number of aromatic nitrogens is 2. The van der Waals surface area contributed by atoms with Crippen molar-refractivity contribution < 1.29 is 13.9 Å². The Hall–Kier alpha value is -2.57. The predicted octanol–water partition coefficient (Wildman–Crippen LogP) is 1.14. The Bertz CT molecular complexity index is 597. The average molecular weight is 292 g/mol. The molecule has 1 aromatic heterocycles. The topological polar surface area (TPSA) is 73.4 Å². The first-order valence-corrected chi connectivity index (χ1v) is 6.45. The van der Waals surface area contributed by atoms with Gasteiger partial charge >= 0.3 is 0 Å². The second-order valence-electron chi connectivity index (χ2n) is 4.59. The molecule has 1 amide bonds. The van der Waals surface area contributed by atoms with E-state index in [9.17, 15) is 9.18 Å².